The Morgan fingerprint density at radius 3 is 0.451 bits per heavy atom. The van der Waals surface area contributed by atoms with Crippen LogP contribution in [0, 0.1) is 0 Å². The number of unbranched alkanes of at least 4 members (excludes halogenated alkanes) is 45. The summed E-state index contributed by atoms with van der Waals surface area (Å²) < 4.78 is 0. The third-order valence-corrected chi connectivity index (χ3v) is 12.0. The highest BCUT2D eigenvalue weighted by molar-refractivity contribution is 4.54. The lowest BCUT2D eigenvalue weighted by atomic mass is 10.0. The van der Waals surface area contributed by atoms with Gasteiger partial charge in [0.05, 0.1) is 0 Å². The monoisotopic (exact) mass is 718 g/mol. The predicted octanol–water partition coefficient (Wildman–Crippen LogP) is 18.6. The van der Waals surface area contributed by atoms with Gasteiger partial charge in [-0.15, -0.1) is 0 Å². The van der Waals surface area contributed by atoms with Gasteiger partial charge in [0, 0.05) is 0 Å². The Balaban J connectivity index is 3.04. The molecule has 0 radical (unpaired) electrons. The molecule has 1 nitrogen and oxygen atoms in total. The first kappa shape index (κ1) is 51.0. The molecule has 0 bridgehead atoms. The summed E-state index contributed by atoms with van der Waals surface area (Å²) in [5.74, 6) is 0. The Morgan fingerprint density at radius 2 is 0.314 bits per heavy atom. The van der Waals surface area contributed by atoms with E-state index in [-0.39, 0.29) is 0 Å². The van der Waals surface area contributed by atoms with E-state index in [0.29, 0.717) is 0 Å². The highest BCUT2D eigenvalue weighted by Gasteiger charge is 1.99. The lowest BCUT2D eigenvalue weighted by Gasteiger charge is -2.05. The highest BCUT2D eigenvalue weighted by Crippen LogP contribution is 2.18. The first-order chi connectivity index (χ1) is 25.4. The summed E-state index contributed by atoms with van der Waals surface area (Å²) in [6.45, 7) is 6.86. The molecule has 0 aliphatic carbocycles. The molecule has 0 saturated heterocycles. The van der Waals surface area contributed by atoms with Crippen molar-refractivity contribution in [2.45, 2.75) is 309 Å². The van der Waals surface area contributed by atoms with Crippen LogP contribution in [0.5, 0.6) is 0 Å². The van der Waals surface area contributed by atoms with E-state index in [1.54, 1.807) is 0 Å². The van der Waals surface area contributed by atoms with E-state index < -0.39 is 0 Å². The smallest absolute Gasteiger partial charge is 0.00490 e. The van der Waals surface area contributed by atoms with E-state index in [1.165, 1.54) is 302 Å². The molecular formula is C50H103N. The second kappa shape index (κ2) is 50.0. The molecule has 0 aliphatic rings. The fourth-order valence-electron chi connectivity index (χ4n) is 8.28. The SMILES string of the molecule is CCCCCCCCCCCCCCCCCCCCCCCCCCCCCCCCCCCCCCCCCCCCCCCCNCC. The van der Waals surface area contributed by atoms with Crippen LogP contribution in [0.2, 0.25) is 0 Å². The molecule has 1 heteroatoms. The van der Waals surface area contributed by atoms with Crippen molar-refractivity contribution < 1.29 is 0 Å². The average Bonchev–Trinajstić information content (AvgIpc) is 3.14. The lowest BCUT2D eigenvalue weighted by Crippen LogP contribution is -2.13. The van der Waals surface area contributed by atoms with Gasteiger partial charge in [0.2, 0.25) is 0 Å². The molecule has 0 aliphatic heterocycles. The van der Waals surface area contributed by atoms with Crippen LogP contribution in [0.15, 0.2) is 0 Å². The fraction of sp³-hybridized carbons (Fsp3) is 1.00. The van der Waals surface area contributed by atoms with Gasteiger partial charge in [-0.25, -0.2) is 0 Å². The van der Waals surface area contributed by atoms with Gasteiger partial charge in [-0.2, -0.15) is 0 Å². The molecule has 0 rings (SSSR count). The first-order valence-corrected chi connectivity index (χ1v) is 25.1. The summed E-state index contributed by atoms with van der Waals surface area (Å²) >= 11 is 0. The van der Waals surface area contributed by atoms with Crippen LogP contribution >= 0.6 is 0 Å². The molecule has 0 saturated carbocycles. The van der Waals surface area contributed by atoms with Crippen molar-refractivity contribution in [3.8, 4) is 0 Å². The van der Waals surface area contributed by atoms with Crippen molar-refractivity contribution in [1.29, 1.82) is 0 Å². The number of hydrogen-bond acceptors (Lipinski definition) is 1. The van der Waals surface area contributed by atoms with Gasteiger partial charge in [0.1, 0.15) is 0 Å². The zero-order chi connectivity index (χ0) is 36.6. The summed E-state index contributed by atoms with van der Waals surface area (Å²) in [6.07, 6.45) is 68.2. The van der Waals surface area contributed by atoms with Crippen molar-refractivity contribution in [3.63, 3.8) is 0 Å². The molecule has 308 valence electrons. The van der Waals surface area contributed by atoms with Crippen molar-refractivity contribution >= 4 is 0 Å². The van der Waals surface area contributed by atoms with Gasteiger partial charge >= 0.3 is 0 Å². The van der Waals surface area contributed by atoms with Crippen LogP contribution in [0.1, 0.15) is 309 Å². The van der Waals surface area contributed by atoms with Gasteiger partial charge in [-0.05, 0) is 19.5 Å². The van der Waals surface area contributed by atoms with E-state index >= 15 is 0 Å². The molecule has 0 aromatic carbocycles. The van der Waals surface area contributed by atoms with Gasteiger partial charge in [0.15, 0.2) is 0 Å². The Kier molecular flexibility index (Phi) is 49.9. The number of nitrogens with one attached hydrogen (secondary N) is 1. The minimum Gasteiger partial charge on any atom is -0.317 e. The highest BCUT2D eigenvalue weighted by atomic mass is 14.8. The maximum atomic E-state index is 3.43. The van der Waals surface area contributed by atoms with Crippen LogP contribution < -0.4 is 5.32 Å². The van der Waals surface area contributed by atoms with E-state index in [1.807, 2.05) is 0 Å². The third kappa shape index (κ3) is 50.0. The van der Waals surface area contributed by atoms with Crippen molar-refractivity contribution in [1.82, 2.24) is 5.32 Å². The average molecular weight is 718 g/mol. The van der Waals surface area contributed by atoms with Gasteiger partial charge < -0.3 is 5.32 Å². The molecule has 51 heavy (non-hydrogen) atoms. The van der Waals surface area contributed by atoms with Crippen LogP contribution in [0.3, 0.4) is 0 Å². The minimum atomic E-state index is 1.12. The summed E-state index contributed by atoms with van der Waals surface area (Å²) in [4.78, 5) is 0. The van der Waals surface area contributed by atoms with Gasteiger partial charge in [-0.3, -0.25) is 0 Å². The summed E-state index contributed by atoms with van der Waals surface area (Å²) in [5.41, 5.74) is 0. The quantitative estimate of drug-likeness (QED) is 0.0618. The predicted molar refractivity (Wildman–Crippen MR) is 237 cm³/mol. The van der Waals surface area contributed by atoms with Crippen molar-refractivity contribution in [3.05, 3.63) is 0 Å². The largest absolute Gasteiger partial charge is 0.317 e. The standard InChI is InChI=1S/C50H103N/c1-3-5-6-7-8-9-10-11-12-13-14-15-16-17-18-19-20-21-22-23-24-25-26-27-28-29-30-31-32-33-34-35-36-37-38-39-40-41-42-43-44-45-46-47-48-49-50-51-4-2/h51H,3-50H2,1-2H3. The van der Waals surface area contributed by atoms with Gasteiger partial charge in [-0.1, -0.05) is 303 Å². The van der Waals surface area contributed by atoms with Crippen LogP contribution in [0.4, 0.5) is 0 Å². The van der Waals surface area contributed by atoms with Crippen molar-refractivity contribution in [2.75, 3.05) is 13.1 Å². The molecular weight excluding hydrogens is 615 g/mol. The second-order valence-corrected chi connectivity index (χ2v) is 17.3. The number of hydrogen-bond donors (Lipinski definition) is 1. The maximum Gasteiger partial charge on any atom is -0.00490 e. The normalized spacial score (nSPS) is 11.6. The Labute approximate surface area is 326 Å². The van der Waals surface area contributed by atoms with E-state index in [0.717, 1.165) is 6.54 Å². The molecule has 0 aromatic heterocycles. The van der Waals surface area contributed by atoms with Crippen LogP contribution in [-0.2, 0) is 0 Å². The first-order valence-electron chi connectivity index (χ1n) is 25.1. The summed E-state index contributed by atoms with van der Waals surface area (Å²) in [7, 11) is 0. The molecule has 0 spiro atoms. The lowest BCUT2D eigenvalue weighted by molar-refractivity contribution is 0.508. The fourth-order valence-corrected chi connectivity index (χ4v) is 8.28. The molecule has 0 unspecified atom stereocenters. The molecule has 0 atom stereocenters. The third-order valence-electron chi connectivity index (χ3n) is 12.0. The topological polar surface area (TPSA) is 12.0 Å². The number of rotatable bonds is 48. The second-order valence-electron chi connectivity index (χ2n) is 17.3. The van der Waals surface area contributed by atoms with E-state index in [4.69, 9.17) is 0 Å². The van der Waals surface area contributed by atoms with Crippen LogP contribution in [0.25, 0.3) is 0 Å². The zero-order valence-electron chi connectivity index (χ0n) is 36.4. The Morgan fingerprint density at radius 1 is 0.176 bits per heavy atom. The molecule has 1 N–H and O–H groups in total. The Bertz CT molecular complexity index is 509. The van der Waals surface area contributed by atoms with Gasteiger partial charge in [0.25, 0.3) is 0 Å². The van der Waals surface area contributed by atoms with Crippen molar-refractivity contribution in [2.24, 2.45) is 0 Å². The molecule has 0 aromatic rings. The maximum absolute atomic E-state index is 3.43. The zero-order valence-corrected chi connectivity index (χ0v) is 36.4. The van der Waals surface area contributed by atoms with E-state index in [9.17, 15) is 0 Å². The Hall–Kier alpha value is -0.0400. The molecule has 0 fully saturated rings. The van der Waals surface area contributed by atoms with Crippen LogP contribution in [-0.4, -0.2) is 13.1 Å². The van der Waals surface area contributed by atoms with E-state index in [2.05, 4.69) is 19.2 Å². The molecule has 0 heterocycles. The molecule has 0 amide bonds. The minimum absolute atomic E-state index is 1.12. The summed E-state index contributed by atoms with van der Waals surface area (Å²) in [5, 5.41) is 3.43. The summed E-state index contributed by atoms with van der Waals surface area (Å²) in [6, 6.07) is 0.